The molecule has 0 aromatic heterocycles. The van der Waals surface area contributed by atoms with Gasteiger partial charge in [-0.1, -0.05) is 50.6 Å². The van der Waals surface area contributed by atoms with E-state index in [9.17, 15) is 19.5 Å². The summed E-state index contributed by atoms with van der Waals surface area (Å²) < 4.78 is 12.4. The Morgan fingerprint density at radius 2 is 1.81 bits per heavy atom. The molecule has 4 unspecified atom stereocenters. The van der Waals surface area contributed by atoms with Gasteiger partial charge in [0, 0.05) is 11.7 Å². The molecule has 1 spiro atoms. The van der Waals surface area contributed by atoms with E-state index in [1.165, 1.54) is 0 Å². The van der Waals surface area contributed by atoms with Gasteiger partial charge in [0.25, 0.3) is 0 Å². The molecule has 3 saturated heterocycles. The monoisotopic (exact) mass is 591 g/mol. The van der Waals surface area contributed by atoms with E-state index in [-0.39, 0.29) is 36.3 Å². The molecule has 0 saturated carbocycles. The molecule has 3 heterocycles. The van der Waals surface area contributed by atoms with Crippen LogP contribution in [0.15, 0.2) is 54.6 Å². The number of rotatable bonds is 12. The number of aliphatic hydroxyl groups excluding tert-OH is 1. The van der Waals surface area contributed by atoms with Crippen molar-refractivity contribution >= 4 is 23.4 Å². The molecule has 0 radical (unpaired) electrons. The molecule has 2 aromatic carbocycles. The molecule has 43 heavy (non-hydrogen) atoms. The molecule has 0 aliphatic carbocycles. The Bertz CT molecular complexity index is 1320. The molecule has 9 heteroatoms. The molecule has 5 rings (SSSR count). The molecule has 232 valence electrons. The second kappa shape index (κ2) is 12.3. The van der Waals surface area contributed by atoms with Gasteiger partial charge in [0.1, 0.15) is 17.4 Å². The lowest BCUT2D eigenvalue weighted by Gasteiger charge is -2.37. The minimum atomic E-state index is -1.19. The second-order valence-corrected chi connectivity index (χ2v) is 12.6. The van der Waals surface area contributed by atoms with Crippen LogP contribution in [0.2, 0.25) is 0 Å². The predicted molar refractivity (Wildman–Crippen MR) is 163 cm³/mol. The SMILES string of the molecule is CCCC(C)NC(=O)C1N([C@@H](CO)Cc2ccccc2)C(=O)[C@@H]2[C@H](C(=O)Nc3ccc(OCC)cc3)[C@@]3(C)OC12CC3C. The predicted octanol–water partition coefficient (Wildman–Crippen LogP) is 3.94. The number of ether oxygens (including phenoxy) is 2. The normalized spacial score (nSPS) is 30.6. The number of aliphatic hydroxyl groups is 1. The fourth-order valence-corrected chi connectivity index (χ4v) is 7.75. The lowest BCUT2D eigenvalue weighted by Crippen LogP contribution is -2.59. The maximum absolute atomic E-state index is 14.6. The van der Waals surface area contributed by atoms with E-state index in [4.69, 9.17) is 9.47 Å². The molecule has 3 amide bonds. The highest BCUT2D eigenvalue weighted by Gasteiger charge is 2.80. The van der Waals surface area contributed by atoms with Crippen LogP contribution in [0.4, 0.5) is 5.69 Å². The lowest BCUT2D eigenvalue weighted by atomic mass is 9.62. The van der Waals surface area contributed by atoms with Gasteiger partial charge >= 0.3 is 0 Å². The average molecular weight is 592 g/mol. The zero-order valence-electron chi connectivity index (χ0n) is 25.8. The highest BCUT2D eigenvalue weighted by atomic mass is 16.5. The first kappa shape index (κ1) is 31.0. The van der Waals surface area contributed by atoms with Crippen LogP contribution in [0.3, 0.4) is 0 Å². The Hall–Kier alpha value is -3.43. The number of nitrogens with one attached hydrogen (secondary N) is 2. The number of carbonyl (C=O) groups is 3. The van der Waals surface area contributed by atoms with Crippen molar-refractivity contribution in [2.75, 3.05) is 18.5 Å². The summed E-state index contributed by atoms with van der Waals surface area (Å²) in [7, 11) is 0. The van der Waals surface area contributed by atoms with E-state index in [0.717, 1.165) is 18.4 Å². The van der Waals surface area contributed by atoms with Crippen molar-refractivity contribution in [2.24, 2.45) is 17.8 Å². The van der Waals surface area contributed by atoms with Crippen LogP contribution >= 0.6 is 0 Å². The lowest BCUT2D eigenvalue weighted by molar-refractivity contribution is -0.150. The van der Waals surface area contributed by atoms with Gasteiger partial charge in [-0.25, -0.2) is 0 Å². The van der Waals surface area contributed by atoms with Crippen molar-refractivity contribution in [2.45, 2.75) is 89.6 Å². The van der Waals surface area contributed by atoms with Crippen LogP contribution in [-0.2, 0) is 25.5 Å². The standard InChI is InChI=1S/C34H45N3O6/c1-6-11-22(4)35-31(40)29-34-19-21(3)33(5,43-34)27(30(39)36-24-14-16-26(17-15-24)42-7-2)28(34)32(41)37(29)25(20-38)18-23-12-9-8-10-13-23/h8-10,12-17,21-22,25,27-29,38H,6-7,11,18-20H2,1-5H3,(H,35,40)(H,36,39)/t21?,22?,25-,27-,28+,29?,33+,34?/m1/s1. The highest BCUT2D eigenvalue weighted by molar-refractivity contribution is 6.02. The molecule has 3 N–H and O–H groups in total. The van der Waals surface area contributed by atoms with Crippen molar-refractivity contribution in [3.05, 3.63) is 60.2 Å². The summed E-state index contributed by atoms with van der Waals surface area (Å²) in [4.78, 5) is 44.4. The first-order valence-electron chi connectivity index (χ1n) is 15.6. The second-order valence-electron chi connectivity index (χ2n) is 12.6. The molecule has 8 atom stereocenters. The summed E-state index contributed by atoms with van der Waals surface area (Å²) in [5.41, 5.74) is -0.600. The maximum atomic E-state index is 14.6. The van der Waals surface area contributed by atoms with Gasteiger partial charge in [-0.15, -0.1) is 0 Å². The molecule has 3 fully saturated rings. The van der Waals surface area contributed by atoms with E-state index >= 15 is 0 Å². The van der Waals surface area contributed by atoms with E-state index in [0.29, 0.717) is 30.9 Å². The van der Waals surface area contributed by atoms with Crippen molar-refractivity contribution in [1.29, 1.82) is 0 Å². The minimum absolute atomic E-state index is 0.0855. The Morgan fingerprint density at radius 3 is 2.44 bits per heavy atom. The molecular weight excluding hydrogens is 546 g/mol. The third-order valence-electron chi connectivity index (χ3n) is 9.74. The van der Waals surface area contributed by atoms with E-state index < -0.39 is 35.1 Å². The molecule has 2 bridgehead atoms. The van der Waals surface area contributed by atoms with Gasteiger partial charge in [-0.3, -0.25) is 14.4 Å². The summed E-state index contributed by atoms with van der Waals surface area (Å²) >= 11 is 0. The third kappa shape index (κ3) is 5.42. The van der Waals surface area contributed by atoms with Crippen molar-refractivity contribution < 1.29 is 29.0 Å². The first-order valence-corrected chi connectivity index (χ1v) is 15.6. The number of hydrogen-bond donors (Lipinski definition) is 3. The number of fused-ring (bicyclic) bond motifs is 1. The van der Waals surface area contributed by atoms with Crippen molar-refractivity contribution in [3.8, 4) is 5.75 Å². The summed E-state index contributed by atoms with van der Waals surface area (Å²) in [6.45, 7) is 10.0. The quantitative estimate of drug-likeness (QED) is 0.344. The van der Waals surface area contributed by atoms with Crippen molar-refractivity contribution in [3.63, 3.8) is 0 Å². The largest absolute Gasteiger partial charge is 0.494 e. The third-order valence-corrected chi connectivity index (χ3v) is 9.74. The van der Waals surface area contributed by atoms with Crippen LogP contribution in [0.1, 0.15) is 59.4 Å². The number of benzene rings is 2. The topological polar surface area (TPSA) is 117 Å². The summed E-state index contributed by atoms with van der Waals surface area (Å²) in [6.07, 6.45) is 2.52. The number of likely N-dealkylation sites (tertiary alicyclic amines) is 1. The van der Waals surface area contributed by atoms with Crippen LogP contribution in [0.5, 0.6) is 5.75 Å². The van der Waals surface area contributed by atoms with E-state index in [1.54, 1.807) is 29.2 Å². The Balaban J connectivity index is 1.52. The molecule has 3 aliphatic rings. The molecule has 9 nitrogen and oxygen atoms in total. The summed E-state index contributed by atoms with van der Waals surface area (Å²) in [5.74, 6) is -2.00. The van der Waals surface area contributed by atoms with E-state index in [1.807, 2.05) is 58.0 Å². The first-order chi connectivity index (χ1) is 20.6. The van der Waals surface area contributed by atoms with E-state index in [2.05, 4.69) is 17.6 Å². The summed E-state index contributed by atoms with van der Waals surface area (Å²) in [5, 5.41) is 16.8. The smallest absolute Gasteiger partial charge is 0.246 e. The molecule has 3 aliphatic heterocycles. The highest BCUT2D eigenvalue weighted by Crippen LogP contribution is 2.65. The number of carbonyl (C=O) groups excluding carboxylic acids is 3. The fraction of sp³-hybridized carbons (Fsp3) is 0.559. The zero-order valence-corrected chi connectivity index (χ0v) is 25.8. The van der Waals surface area contributed by atoms with Crippen molar-refractivity contribution in [1.82, 2.24) is 10.2 Å². The number of amides is 3. The van der Waals surface area contributed by atoms with Crippen LogP contribution in [-0.4, -0.2) is 70.3 Å². The van der Waals surface area contributed by atoms with Gasteiger partial charge in [0.15, 0.2) is 0 Å². The molecular formula is C34H45N3O6. The summed E-state index contributed by atoms with van der Waals surface area (Å²) in [6, 6.07) is 15.0. The number of anilines is 1. The van der Waals surface area contributed by atoms with Crippen LogP contribution in [0.25, 0.3) is 0 Å². The van der Waals surface area contributed by atoms with Gasteiger partial charge in [0.05, 0.1) is 36.7 Å². The number of hydrogen-bond acceptors (Lipinski definition) is 6. The zero-order chi connectivity index (χ0) is 30.9. The van der Waals surface area contributed by atoms with Gasteiger partial charge < -0.3 is 30.1 Å². The maximum Gasteiger partial charge on any atom is 0.246 e. The minimum Gasteiger partial charge on any atom is -0.494 e. The van der Waals surface area contributed by atoms with Gasteiger partial charge in [-0.05, 0) is 75.8 Å². The van der Waals surface area contributed by atoms with Gasteiger partial charge in [-0.2, -0.15) is 0 Å². The molecule has 2 aromatic rings. The Labute approximate surface area is 254 Å². The fourth-order valence-electron chi connectivity index (χ4n) is 7.75. The Morgan fingerprint density at radius 1 is 1.12 bits per heavy atom. The number of nitrogens with zero attached hydrogens (tertiary/aromatic N) is 1. The van der Waals surface area contributed by atoms with Crippen LogP contribution < -0.4 is 15.4 Å². The Kier molecular flexibility index (Phi) is 8.86. The van der Waals surface area contributed by atoms with Gasteiger partial charge in [0.2, 0.25) is 17.7 Å². The van der Waals surface area contributed by atoms with Crippen LogP contribution in [0, 0.1) is 17.8 Å². The average Bonchev–Trinajstić information content (AvgIpc) is 3.50.